The third-order valence-electron chi connectivity index (χ3n) is 2.70. The fourth-order valence-electron chi connectivity index (χ4n) is 1.77. The minimum absolute atomic E-state index is 0.00508. The van der Waals surface area contributed by atoms with Crippen LogP contribution in [0.15, 0.2) is 30.3 Å². The average molecular weight is 307 g/mol. The molecule has 6 nitrogen and oxygen atoms in total. The molecular formula is C14H11ClN2O4. The highest BCUT2D eigenvalue weighted by Gasteiger charge is 2.16. The Morgan fingerprint density at radius 2 is 2.00 bits per heavy atom. The van der Waals surface area contributed by atoms with Crippen LogP contribution in [0.4, 0.5) is 5.69 Å². The number of aromatic hydroxyl groups is 1. The number of nitrogens with one attached hydrogen (secondary N) is 1. The molecule has 1 amide bonds. The Bertz CT molecular complexity index is 711. The van der Waals surface area contributed by atoms with Crippen LogP contribution in [0.2, 0.25) is 5.15 Å². The van der Waals surface area contributed by atoms with Crippen molar-refractivity contribution in [1.82, 2.24) is 4.98 Å². The van der Waals surface area contributed by atoms with E-state index >= 15 is 0 Å². The molecule has 0 unspecified atom stereocenters. The molecule has 0 atom stereocenters. The highest BCUT2D eigenvalue weighted by molar-refractivity contribution is 6.29. The maximum absolute atomic E-state index is 12.1. The Balaban J connectivity index is 2.32. The zero-order valence-electron chi connectivity index (χ0n) is 10.9. The summed E-state index contributed by atoms with van der Waals surface area (Å²) in [4.78, 5) is 27.0. The summed E-state index contributed by atoms with van der Waals surface area (Å²) in [6, 6.07) is 6.96. The van der Waals surface area contributed by atoms with Crippen molar-refractivity contribution < 1.29 is 19.8 Å². The van der Waals surface area contributed by atoms with Crippen LogP contribution < -0.4 is 5.32 Å². The van der Waals surface area contributed by atoms with Gasteiger partial charge in [-0.25, -0.2) is 9.78 Å². The maximum atomic E-state index is 12.1. The number of rotatable bonds is 3. The molecule has 1 aromatic heterocycles. The van der Waals surface area contributed by atoms with Gasteiger partial charge in [-0.15, -0.1) is 0 Å². The van der Waals surface area contributed by atoms with Gasteiger partial charge in [0.1, 0.15) is 10.7 Å². The number of carboxylic acids is 1. The van der Waals surface area contributed by atoms with Crippen LogP contribution in [0.3, 0.4) is 0 Å². The summed E-state index contributed by atoms with van der Waals surface area (Å²) in [6.07, 6.45) is 0. The molecule has 0 aliphatic carbocycles. The first-order valence-electron chi connectivity index (χ1n) is 5.89. The normalized spacial score (nSPS) is 10.2. The minimum Gasteiger partial charge on any atom is -0.505 e. The first kappa shape index (κ1) is 14.8. The number of carbonyl (C=O) groups excluding carboxylic acids is 1. The number of aromatic carboxylic acids is 1. The zero-order chi connectivity index (χ0) is 15.6. The van der Waals surface area contributed by atoms with Crippen molar-refractivity contribution in [2.45, 2.75) is 6.92 Å². The number of aryl methyl sites for hydroxylation is 1. The van der Waals surface area contributed by atoms with Gasteiger partial charge in [-0.05, 0) is 31.2 Å². The molecule has 0 saturated heterocycles. The lowest BCUT2D eigenvalue weighted by Crippen LogP contribution is -2.13. The standard InChI is InChI=1S/C14H11ClN2O4/c1-7-5-8(6-11(15)16-7)13(19)17-10-4-2-3-9(12(10)18)14(20)21/h2-6,18H,1H3,(H,17,19)(H,20,21). The van der Waals surface area contributed by atoms with Crippen molar-refractivity contribution in [3.8, 4) is 5.75 Å². The molecule has 3 N–H and O–H groups in total. The lowest BCUT2D eigenvalue weighted by molar-refractivity contribution is 0.0693. The number of hydrogen-bond donors (Lipinski definition) is 3. The molecule has 2 rings (SSSR count). The molecule has 0 bridgehead atoms. The van der Waals surface area contributed by atoms with E-state index in [0.717, 1.165) is 0 Å². The number of hydrogen-bond acceptors (Lipinski definition) is 4. The summed E-state index contributed by atoms with van der Waals surface area (Å²) >= 11 is 5.78. The van der Waals surface area contributed by atoms with Crippen LogP contribution in [0.5, 0.6) is 5.75 Å². The van der Waals surface area contributed by atoms with E-state index in [0.29, 0.717) is 5.69 Å². The third-order valence-corrected chi connectivity index (χ3v) is 2.89. The van der Waals surface area contributed by atoms with E-state index in [1.807, 2.05) is 0 Å². The quantitative estimate of drug-likeness (QED) is 0.598. The fourth-order valence-corrected chi connectivity index (χ4v) is 2.02. The number of halogens is 1. The first-order valence-corrected chi connectivity index (χ1v) is 6.27. The summed E-state index contributed by atoms with van der Waals surface area (Å²) in [5.41, 5.74) is 0.533. The predicted molar refractivity (Wildman–Crippen MR) is 77.0 cm³/mol. The lowest BCUT2D eigenvalue weighted by Gasteiger charge is -2.09. The first-order chi connectivity index (χ1) is 9.88. The van der Waals surface area contributed by atoms with Gasteiger partial charge in [0.15, 0.2) is 5.75 Å². The van der Waals surface area contributed by atoms with Crippen LogP contribution in [-0.4, -0.2) is 27.1 Å². The predicted octanol–water partition coefficient (Wildman–Crippen LogP) is 2.70. The van der Waals surface area contributed by atoms with E-state index in [9.17, 15) is 14.7 Å². The monoisotopic (exact) mass is 306 g/mol. The molecule has 1 aromatic carbocycles. The van der Waals surface area contributed by atoms with Gasteiger partial charge in [-0.2, -0.15) is 0 Å². The molecule has 7 heteroatoms. The second-order valence-electron chi connectivity index (χ2n) is 4.28. The number of anilines is 1. The SMILES string of the molecule is Cc1cc(C(=O)Nc2cccc(C(=O)O)c2O)cc(Cl)n1. The third kappa shape index (κ3) is 3.29. The summed E-state index contributed by atoms with van der Waals surface area (Å²) in [6.45, 7) is 1.69. The smallest absolute Gasteiger partial charge is 0.339 e. The molecule has 0 spiro atoms. The second kappa shape index (κ2) is 5.80. The van der Waals surface area contributed by atoms with Crippen LogP contribution >= 0.6 is 11.6 Å². The number of carboxylic acid groups (broad SMARTS) is 1. The number of para-hydroxylation sites is 1. The summed E-state index contributed by atoms with van der Waals surface area (Å²) in [7, 11) is 0. The van der Waals surface area contributed by atoms with Crippen LogP contribution in [0.25, 0.3) is 0 Å². The van der Waals surface area contributed by atoms with E-state index in [-0.39, 0.29) is 22.0 Å². The molecule has 0 radical (unpaired) electrons. The number of amides is 1. The molecule has 1 heterocycles. The topological polar surface area (TPSA) is 99.5 Å². The zero-order valence-corrected chi connectivity index (χ0v) is 11.7. The van der Waals surface area contributed by atoms with Gasteiger partial charge in [0.25, 0.3) is 5.91 Å². The highest BCUT2D eigenvalue weighted by atomic mass is 35.5. The Labute approximate surface area is 125 Å². The Kier molecular flexibility index (Phi) is 4.09. The highest BCUT2D eigenvalue weighted by Crippen LogP contribution is 2.28. The van der Waals surface area contributed by atoms with E-state index < -0.39 is 17.6 Å². The van der Waals surface area contributed by atoms with E-state index in [2.05, 4.69) is 10.3 Å². The van der Waals surface area contributed by atoms with Gasteiger partial charge in [0.05, 0.1) is 5.69 Å². The Morgan fingerprint density at radius 3 is 2.62 bits per heavy atom. The summed E-state index contributed by atoms with van der Waals surface area (Å²) in [5, 5.41) is 21.4. The molecule has 21 heavy (non-hydrogen) atoms. The molecular weight excluding hydrogens is 296 g/mol. The van der Waals surface area contributed by atoms with Crippen molar-refractivity contribution in [2.24, 2.45) is 0 Å². The fraction of sp³-hybridized carbons (Fsp3) is 0.0714. The number of benzene rings is 1. The number of aromatic nitrogens is 1. The van der Waals surface area contributed by atoms with Gasteiger partial charge in [0, 0.05) is 11.3 Å². The lowest BCUT2D eigenvalue weighted by atomic mass is 10.1. The Hall–Kier alpha value is -2.60. The van der Waals surface area contributed by atoms with Crippen molar-refractivity contribution >= 4 is 29.2 Å². The van der Waals surface area contributed by atoms with E-state index in [1.165, 1.54) is 30.3 Å². The van der Waals surface area contributed by atoms with Crippen molar-refractivity contribution in [3.05, 3.63) is 52.3 Å². The average Bonchev–Trinajstić information content (AvgIpc) is 2.39. The molecule has 0 aliphatic rings. The number of phenols is 1. The van der Waals surface area contributed by atoms with E-state index in [4.69, 9.17) is 16.7 Å². The minimum atomic E-state index is -1.29. The number of pyridine rings is 1. The van der Waals surface area contributed by atoms with Gasteiger partial charge in [-0.3, -0.25) is 4.79 Å². The summed E-state index contributed by atoms with van der Waals surface area (Å²) < 4.78 is 0. The van der Waals surface area contributed by atoms with E-state index in [1.54, 1.807) is 6.92 Å². The van der Waals surface area contributed by atoms with Gasteiger partial charge < -0.3 is 15.5 Å². The summed E-state index contributed by atoms with van der Waals surface area (Å²) in [5.74, 6) is -2.32. The molecule has 0 aliphatic heterocycles. The van der Waals surface area contributed by atoms with Gasteiger partial charge in [-0.1, -0.05) is 17.7 Å². The van der Waals surface area contributed by atoms with Crippen LogP contribution in [0, 0.1) is 6.92 Å². The second-order valence-corrected chi connectivity index (χ2v) is 4.67. The largest absolute Gasteiger partial charge is 0.505 e. The number of nitrogens with zero attached hydrogens (tertiary/aromatic N) is 1. The van der Waals surface area contributed by atoms with Crippen LogP contribution in [-0.2, 0) is 0 Å². The number of carbonyl (C=O) groups is 2. The Morgan fingerprint density at radius 1 is 1.29 bits per heavy atom. The van der Waals surface area contributed by atoms with Gasteiger partial charge >= 0.3 is 5.97 Å². The molecule has 0 fully saturated rings. The molecule has 0 saturated carbocycles. The molecule has 108 valence electrons. The van der Waals surface area contributed by atoms with Crippen LogP contribution in [0.1, 0.15) is 26.4 Å². The van der Waals surface area contributed by atoms with Crippen molar-refractivity contribution in [1.29, 1.82) is 0 Å². The van der Waals surface area contributed by atoms with Gasteiger partial charge in [0.2, 0.25) is 0 Å². The van der Waals surface area contributed by atoms with Crippen molar-refractivity contribution in [2.75, 3.05) is 5.32 Å². The van der Waals surface area contributed by atoms with Crippen molar-refractivity contribution in [3.63, 3.8) is 0 Å². The molecule has 2 aromatic rings. The maximum Gasteiger partial charge on any atom is 0.339 e.